The maximum Gasteiger partial charge on any atom is 0.329 e. The number of H-pyrrole nitrogens is 1. The van der Waals surface area contributed by atoms with Crippen molar-refractivity contribution in [2.75, 3.05) is 14.2 Å². The average Bonchev–Trinajstić information content (AvgIpc) is 3.09. The van der Waals surface area contributed by atoms with Crippen LogP contribution in [0.3, 0.4) is 0 Å². The van der Waals surface area contributed by atoms with Crippen molar-refractivity contribution in [2.45, 2.75) is 13.5 Å². The molecule has 0 spiro atoms. The lowest BCUT2D eigenvalue weighted by molar-refractivity contribution is -0.145. The quantitative estimate of drug-likeness (QED) is 0.429. The molecule has 0 aliphatic rings. The number of nitrogens with zero attached hydrogens (tertiary/aromatic N) is 2. The minimum Gasteiger partial charge on any atom is -0.496 e. The third-order valence-electron chi connectivity index (χ3n) is 2.96. The number of hydrogen-bond donors (Lipinski definition) is 3. The van der Waals surface area contributed by atoms with Crippen LogP contribution in [0.15, 0.2) is 35.6 Å². The molecule has 0 saturated carbocycles. The molecule has 0 bridgehead atoms. The first-order valence-electron chi connectivity index (χ1n) is 7.09. The summed E-state index contributed by atoms with van der Waals surface area (Å²) in [5.74, 6) is 1.37. The van der Waals surface area contributed by atoms with Gasteiger partial charge < -0.3 is 24.6 Å². The van der Waals surface area contributed by atoms with Crippen molar-refractivity contribution in [1.82, 2.24) is 20.8 Å². The first kappa shape index (κ1) is 17.1. The van der Waals surface area contributed by atoms with Crippen LogP contribution in [0.2, 0.25) is 0 Å². The molecule has 9 heteroatoms. The highest BCUT2D eigenvalue weighted by molar-refractivity contribution is 5.82. The van der Waals surface area contributed by atoms with E-state index in [1.54, 1.807) is 26.6 Å². The number of hydroxylamine groups is 1. The van der Waals surface area contributed by atoms with Gasteiger partial charge in [0.1, 0.15) is 11.5 Å². The summed E-state index contributed by atoms with van der Waals surface area (Å²) in [5, 5.41) is 3.02. The van der Waals surface area contributed by atoms with Crippen LogP contribution < -0.4 is 20.3 Å². The lowest BCUT2D eigenvalue weighted by atomic mass is 10.1. The van der Waals surface area contributed by atoms with Crippen molar-refractivity contribution in [3.05, 3.63) is 36.2 Å². The Labute approximate surface area is 139 Å². The fourth-order valence-electron chi connectivity index (χ4n) is 1.92. The number of guanidine groups is 1. The van der Waals surface area contributed by atoms with Gasteiger partial charge in [0, 0.05) is 19.3 Å². The van der Waals surface area contributed by atoms with Gasteiger partial charge in [-0.25, -0.2) is 4.98 Å². The zero-order valence-electron chi connectivity index (χ0n) is 13.6. The lowest BCUT2D eigenvalue weighted by Crippen LogP contribution is -2.37. The standard InChI is InChI=1S/C15H19N5O4/c1-10(21)24-20-15(19-14-16-7-8-17-14)18-9-11-12(22-2)5-4-6-13(11)23-3/h4-8H,9H2,1-3H3,(H3,16,17,18,19,20). The van der Waals surface area contributed by atoms with E-state index < -0.39 is 5.97 Å². The molecule has 0 amide bonds. The molecule has 0 aliphatic heterocycles. The molecule has 1 aromatic heterocycles. The summed E-state index contributed by atoms with van der Waals surface area (Å²) < 4.78 is 10.7. The highest BCUT2D eigenvalue weighted by Crippen LogP contribution is 2.27. The summed E-state index contributed by atoms with van der Waals surface area (Å²) in [6, 6.07) is 5.47. The lowest BCUT2D eigenvalue weighted by Gasteiger charge is -2.15. The molecule has 0 saturated heterocycles. The van der Waals surface area contributed by atoms with Crippen molar-refractivity contribution in [2.24, 2.45) is 4.99 Å². The smallest absolute Gasteiger partial charge is 0.329 e. The topological polar surface area (TPSA) is 110 Å². The van der Waals surface area contributed by atoms with Gasteiger partial charge >= 0.3 is 5.97 Å². The zero-order chi connectivity index (χ0) is 17.4. The minimum atomic E-state index is -0.501. The molecule has 128 valence electrons. The summed E-state index contributed by atoms with van der Waals surface area (Å²) in [6.45, 7) is 1.60. The first-order chi connectivity index (χ1) is 11.6. The van der Waals surface area contributed by atoms with E-state index in [0.717, 1.165) is 5.56 Å². The predicted octanol–water partition coefficient (Wildman–Crippen LogP) is 1.27. The van der Waals surface area contributed by atoms with Crippen LogP contribution in [0, 0.1) is 0 Å². The summed E-state index contributed by atoms with van der Waals surface area (Å²) in [4.78, 5) is 26.8. The molecule has 1 aromatic carbocycles. The van der Waals surface area contributed by atoms with E-state index >= 15 is 0 Å². The maximum absolute atomic E-state index is 11.0. The number of aliphatic imine (C=N–C) groups is 1. The molecule has 0 fully saturated rings. The van der Waals surface area contributed by atoms with Gasteiger partial charge in [0.25, 0.3) is 0 Å². The van der Waals surface area contributed by atoms with Crippen molar-refractivity contribution in [3.8, 4) is 11.5 Å². The Morgan fingerprint density at radius 1 is 1.29 bits per heavy atom. The molecule has 24 heavy (non-hydrogen) atoms. The normalized spacial score (nSPS) is 10.9. The highest BCUT2D eigenvalue weighted by atomic mass is 16.7. The second-order valence-corrected chi connectivity index (χ2v) is 4.56. The molecule has 0 atom stereocenters. The van der Waals surface area contributed by atoms with Gasteiger partial charge in [0.2, 0.25) is 11.9 Å². The van der Waals surface area contributed by atoms with E-state index in [-0.39, 0.29) is 5.96 Å². The number of nitrogens with one attached hydrogen (secondary N) is 3. The van der Waals surface area contributed by atoms with Gasteiger partial charge in [-0.2, -0.15) is 10.5 Å². The summed E-state index contributed by atoms with van der Waals surface area (Å²) in [5.41, 5.74) is 3.24. The van der Waals surface area contributed by atoms with E-state index in [0.29, 0.717) is 24.0 Å². The van der Waals surface area contributed by atoms with E-state index in [9.17, 15) is 4.79 Å². The predicted molar refractivity (Wildman–Crippen MR) is 87.0 cm³/mol. The largest absolute Gasteiger partial charge is 0.496 e. The number of carbonyl (C=O) groups excluding carboxylic acids is 1. The summed E-state index contributed by atoms with van der Waals surface area (Å²) in [7, 11) is 3.15. The SMILES string of the molecule is COc1cccc(OC)c1CNC(=Nc1ncc[nH]1)NOC(C)=O. The van der Waals surface area contributed by atoms with Crippen molar-refractivity contribution in [3.63, 3.8) is 0 Å². The number of imidazole rings is 1. The molecular weight excluding hydrogens is 314 g/mol. The van der Waals surface area contributed by atoms with Gasteiger partial charge in [-0.3, -0.25) is 4.79 Å². The Morgan fingerprint density at radius 3 is 2.54 bits per heavy atom. The van der Waals surface area contributed by atoms with Crippen molar-refractivity contribution >= 4 is 17.9 Å². The van der Waals surface area contributed by atoms with Crippen LogP contribution in [0.4, 0.5) is 5.95 Å². The highest BCUT2D eigenvalue weighted by Gasteiger charge is 2.11. The zero-order valence-corrected chi connectivity index (χ0v) is 13.6. The molecule has 9 nitrogen and oxygen atoms in total. The molecular formula is C15H19N5O4. The molecule has 2 rings (SSSR count). The Bertz CT molecular complexity index is 678. The average molecular weight is 333 g/mol. The van der Waals surface area contributed by atoms with Crippen molar-refractivity contribution in [1.29, 1.82) is 0 Å². The number of carbonyl (C=O) groups is 1. The number of aromatic nitrogens is 2. The molecule has 1 heterocycles. The third-order valence-corrected chi connectivity index (χ3v) is 2.96. The van der Waals surface area contributed by atoms with E-state index in [4.69, 9.17) is 14.3 Å². The Morgan fingerprint density at radius 2 is 2.00 bits per heavy atom. The fourth-order valence-corrected chi connectivity index (χ4v) is 1.92. The number of rotatable bonds is 5. The molecule has 2 aromatic rings. The second-order valence-electron chi connectivity index (χ2n) is 4.56. The number of ether oxygens (including phenoxy) is 2. The van der Waals surface area contributed by atoms with Crippen LogP contribution in [0.1, 0.15) is 12.5 Å². The molecule has 0 unspecified atom stereocenters. The number of benzene rings is 1. The van der Waals surface area contributed by atoms with Crippen LogP contribution in [-0.4, -0.2) is 36.1 Å². The van der Waals surface area contributed by atoms with Gasteiger partial charge in [0.15, 0.2) is 0 Å². The first-order valence-corrected chi connectivity index (χ1v) is 7.09. The monoisotopic (exact) mass is 333 g/mol. The second kappa shape index (κ2) is 8.42. The third kappa shape index (κ3) is 4.63. The number of methoxy groups -OCH3 is 2. The molecule has 0 radical (unpaired) electrons. The van der Waals surface area contributed by atoms with Crippen LogP contribution >= 0.6 is 0 Å². The maximum atomic E-state index is 11.0. The van der Waals surface area contributed by atoms with Gasteiger partial charge in [0.05, 0.1) is 26.3 Å². The van der Waals surface area contributed by atoms with E-state index in [1.165, 1.54) is 6.92 Å². The van der Waals surface area contributed by atoms with Gasteiger partial charge in [-0.05, 0) is 12.1 Å². The summed E-state index contributed by atoms with van der Waals surface area (Å²) >= 11 is 0. The Hall–Kier alpha value is -3.23. The van der Waals surface area contributed by atoms with E-state index in [1.807, 2.05) is 18.2 Å². The van der Waals surface area contributed by atoms with Gasteiger partial charge in [-0.1, -0.05) is 6.07 Å². The van der Waals surface area contributed by atoms with E-state index in [2.05, 4.69) is 25.8 Å². The Kier molecular flexibility index (Phi) is 6.01. The van der Waals surface area contributed by atoms with Crippen LogP contribution in [0.25, 0.3) is 0 Å². The fraction of sp³-hybridized carbons (Fsp3) is 0.267. The summed E-state index contributed by atoms with van der Waals surface area (Å²) in [6.07, 6.45) is 3.19. The molecule has 3 N–H and O–H groups in total. The minimum absolute atomic E-state index is 0.202. The van der Waals surface area contributed by atoms with Crippen LogP contribution in [0.5, 0.6) is 11.5 Å². The van der Waals surface area contributed by atoms with Crippen LogP contribution in [-0.2, 0) is 16.2 Å². The number of aromatic amines is 1. The molecule has 0 aliphatic carbocycles. The number of hydrogen-bond acceptors (Lipinski definition) is 6. The Balaban J connectivity index is 2.17. The van der Waals surface area contributed by atoms with Gasteiger partial charge in [-0.15, -0.1) is 0 Å². The van der Waals surface area contributed by atoms with Crippen molar-refractivity contribution < 1.29 is 19.1 Å².